The average Bonchev–Trinajstić information content (AvgIpc) is 3.29. The third kappa shape index (κ3) is 5.26. The minimum Gasteiger partial charge on any atom is -0.497 e. The number of benzene rings is 2. The van der Waals surface area contributed by atoms with E-state index in [4.69, 9.17) is 9.15 Å². The Bertz CT molecular complexity index is 1010. The number of furan rings is 1. The summed E-state index contributed by atoms with van der Waals surface area (Å²) in [6, 6.07) is 16.5. The second-order valence-corrected chi connectivity index (χ2v) is 6.45. The lowest BCUT2D eigenvalue weighted by Crippen LogP contribution is -2.34. The highest BCUT2D eigenvalue weighted by Crippen LogP contribution is 2.16. The lowest BCUT2D eigenvalue weighted by molar-refractivity contribution is -0.116. The van der Waals surface area contributed by atoms with E-state index in [1.165, 1.54) is 11.2 Å². The molecular formula is C22H21N3O5. The highest BCUT2D eigenvalue weighted by molar-refractivity contribution is 6.03. The summed E-state index contributed by atoms with van der Waals surface area (Å²) in [5.74, 6) is -0.143. The fourth-order valence-corrected chi connectivity index (χ4v) is 2.68. The molecule has 1 aromatic heterocycles. The molecule has 3 amide bonds. The molecule has 0 saturated heterocycles. The summed E-state index contributed by atoms with van der Waals surface area (Å²) < 4.78 is 10.1. The zero-order chi connectivity index (χ0) is 21.5. The van der Waals surface area contributed by atoms with Crippen molar-refractivity contribution in [2.24, 2.45) is 0 Å². The molecule has 0 aliphatic carbocycles. The van der Waals surface area contributed by atoms with Crippen LogP contribution in [-0.2, 0) is 4.79 Å². The summed E-state index contributed by atoms with van der Waals surface area (Å²) in [5.41, 5.74) is 1.52. The number of carbonyl (C=O) groups is 3. The van der Waals surface area contributed by atoms with E-state index < -0.39 is 0 Å². The zero-order valence-electron chi connectivity index (χ0n) is 16.5. The monoisotopic (exact) mass is 407 g/mol. The lowest BCUT2D eigenvalue weighted by atomic mass is 10.2. The molecule has 3 aromatic rings. The van der Waals surface area contributed by atoms with Gasteiger partial charge in [0.05, 0.1) is 19.9 Å². The van der Waals surface area contributed by atoms with Crippen molar-refractivity contribution in [2.45, 2.75) is 0 Å². The molecule has 2 N–H and O–H groups in total. The number of rotatable bonds is 7. The Kier molecular flexibility index (Phi) is 6.49. The van der Waals surface area contributed by atoms with E-state index in [-0.39, 0.29) is 30.0 Å². The van der Waals surface area contributed by atoms with Gasteiger partial charge in [-0.05, 0) is 60.7 Å². The number of nitrogens with one attached hydrogen (secondary N) is 2. The Morgan fingerprint density at radius 1 is 0.933 bits per heavy atom. The van der Waals surface area contributed by atoms with Gasteiger partial charge < -0.3 is 24.7 Å². The molecule has 0 atom stereocenters. The van der Waals surface area contributed by atoms with E-state index in [2.05, 4.69) is 10.6 Å². The third-order valence-electron chi connectivity index (χ3n) is 4.24. The largest absolute Gasteiger partial charge is 0.497 e. The summed E-state index contributed by atoms with van der Waals surface area (Å²) in [6.45, 7) is -0.109. The van der Waals surface area contributed by atoms with Crippen molar-refractivity contribution in [1.29, 1.82) is 0 Å². The van der Waals surface area contributed by atoms with E-state index in [0.29, 0.717) is 22.7 Å². The van der Waals surface area contributed by atoms with Gasteiger partial charge in [0, 0.05) is 24.0 Å². The molecule has 0 radical (unpaired) electrons. The maximum atomic E-state index is 12.6. The molecule has 0 bridgehead atoms. The van der Waals surface area contributed by atoms with Crippen molar-refractivity contribution >= 4 is 29.1 Å². The number of carbonyl (C=O) groups excluding carboxylic acids is 3. The first-order valence-electron chi connectivity index (χ1n) is 9.10. The van der Waals surface area contributed by atoms with Crippen LogP contribution in [0.1, 0.15) is 20.9 Å². The fourth-order valence-electron chi connectivity index (χ4n) is 2.68. The van der Waals surface area contributed by atoms with E-state index >= 15 is 0 Å². The van der Waals surface area contributed by atoms with E-state index in [1.807, 2.05) is 0 Å². The van der Waals surface area contributed by atoms with E-state index in [9.17, 15) is 14.4 Å². The first-order chi connectivity index (χ1) is 14.5. The quantitative estimate of drug-likeness (QED) is 0.626. The molecule has 2 aromatic carbocycles. The van der Waals surface area contributed by atoms with Crippen LogP contribution in [0, 0.1) is 0 Å². The molecule has 154 valence electrons. The number of ether oxygens (including phenoxy) is 1. The molecule has 3 rings (SSSR count). The maximum absolute atomic E-state index is 12.6. The Morgan fingerprint density at radius 2 is 1.57 bits per heavy atom. The summed E-state index contributed by atoms with van der Waals surface area (Å²) in [4.78, 5) is 38.1. The van der Waals surface area contributed by atoms with Crippen LogP contribution in [0.15, 0.2) is 71.3 Å². The molecule has 0 spiro atoms. The van der Waals surface area contributed by atoms with Crippen LogP contribution in [0.5, 0.6) is 5.75 Å². The van der Waals surface area contributed by atoms with Crippen molar-refractivity contribution in [1.82, 2.24) is 4.90 Å². The van der Waals surface area contributed by atoms with Crippen molar-refractivity contribution in [3.63, 3.8) is 0 Å². The van der Waals surface area contributed by atoms with Crippen LogP contribution >= 0.6 is 0 Å². The molecule has 1 heterocycles. The topological polar surface area (TPSA) is 101 Å². The molecule has 0 aliphatic rings. The van der Waals surface area contributed by atoms with Crippen LogP contribution in [0.4, 0.5) is 11.4 Å². The summed E-state index contributed by atoms with van der Waals surface area (Å²) in [6.07, 6.45) is 1.41. The number of hydrogen-bond donors (Lipinski definition) is 2. The molecule has 0 saturated carbocycles. The summed E-state index contributed by atoms with van der Waals surface area (Å²) >= 11 is 0. The van der Waals surface area contributed by atoms with Gasteiger partial charge in [0.25, 0.3) is 11.8 Å². The SMILES string of the molecule is COc1ccc(NC(=O)CN(C)C(=O)c2ccc(NC(=O)c3ccco3)cc2)cc1. The van der Waals surface area contributed by atoms with Crippen LogP contribution in [0.25, 0.3) is 0 Å². The maximum Gasteiger partial charge on any atom is 0.291 e. The van der Waals surface area contributed by atoms with E-state index in [0.717, 1.165) is 0 Å². The number of amides is 3. The normalized spacial score (nSPS) is 10.2. The number of likely N-dealkylation sites (N-methyl/N-ethyl adjacent to an activating group) is 1. The molecule has 0 fully saturated rings. The van der Waals surface area contributed by atoms with Gasteiger partial charge in [-0.1, -0.05) is 0 Å². The fraction of sp³-hybridized carbons (Fsp3) is 0.136. The van der Waals surface area contributed by atoms with E-state index in [1.54, 1.807) is 74.8 Å². The average molecular weight is 407 g/mol. The van der Waals surface area contributed by atoms with Gasteiger partial charge in [-0.3, -0.25) is 14.4 Å². The van der Waals surface area contributed by atoms with Crippen LogP contribution < -0.4 is 15.4 Å². The minimum atomic E-state index is -0.383. The molecule has 8 heteroatoms. The molecule has 8 nitrogen and oxygen atoms in total. The molecule has 0 aliphatic heterocycles. The number of hydrogen-bond acceptors (Lipinski definition) is 5. The minimum absolute atomic E-state index is 0.109. The Balaban J connectivity index is 1.54. The van der Waals surface area contributed by atoms with Gasteiger partial charge in [0.2, 0.25) is 5.91 Å². The van der Waals surface area contributed by atoms with Crippen LogP contribution in [0.3, 0.4) is 0 Å². The summed E-state index contributed by atoms with van der Waals surface area (Å²) in [7, 11) is 3.11. The first-order valence-corrected chi connectivity index (χ1v) is 9.10. The Morgan fingerprint density at radius 3 is 2.17 bits per heavy atom. The van der Waals surface area contributed by atoms with Crippen molar-refractivity contribution in [2.75, 3.05) is 31.3 Å². The van der Waals surface area contributed by atoms with Crippen LogP contribution in [-0.4, -0.2) is 43.3 Å². The van der Waals surface area contributed by atoms with Crippen LogP contribution in [0.2, 0.25) is 0 Å². The van der Waals surface area contributed by atoms with Gasteiger partial charge in [-0.2, -0.15) is 0 Å². The molecular weight excluding hydrogens is 386 g/mol. The van der Waals surface area contributed by atoms with Gasteiger partial charge in [-0.25, -0.2) is 0 Å². The van der Waals surface area contributed by atoms with Crippen molar-refractivity contribution in [3.8, 4) is 5.75 Å². The number of methoxy groups -OCH3 is 1. The smallest absolute Gasteiger partial charge is 0.291 e. The lowest BCUT2D eigenvalue weighted by Gasteiger charge is -2.17. The number of nitrogens with zero attached hydrogens (tertiary/aromatic N) is 1. The van der Waals surface area contributed by atoms with Gasteiger partial charge in [0.15, 0.2) is 5.76 Å². The second kappa shape index (κ2) is 9.42. The highest BCUT2D eigenvalue weighted by atomic mass is 16.5. The van der Waals surface area contributed by atoms with Crippen molar-refractivity contribution < 1.29 is 23.5 Å². The van der Waals surface area contributed by atoms with Crippen molar-refractivity contribution in [3.05, 3.63) is 78.3 Å². The zero-order valence-corrected chi connectivity index (χ0v) is 16.5. The highest BCUT2D eigenvalue weighted by Gasteiger charge is 2.16. The number of anilines is 2. The van der Waals surface area contributed by atoms with Gasteiger partial charge in [-0.15, -0.1) is 0 Å². The van der Waals surface area contributed by atoms with Gasteiger partial charge in [0.1, 0.15) is 5.75 Å². The molecule has 30 heavy (non-hydrogen) atoms. The molecule has 0 unspecified atom stereocenters. The predicted octanol–water partition coefficient (Wildman–Crippen LogP) is 3.25. The Labute approximate surface area is 173 Å². The Hall–Kier alpha value is -4.07. The standard InChI is InChI=1S/C22H21N3O5/c1-25(14-20(26)23-16-9-11-18(29-2)12-10-16)22(28)15-5-7-17(8-6-15)24-21(27)19-4-3-13-30-19/h3-13H,14H2,1-2H3,(H,23,26)(H,24,27). The predicted molar refractivity (Wildman–Crippen MR) is 112 cm³/mol. The second-order valence-electron chi connectivity index (χ2n) is 6.45. The summed E-state index contributed by atoms with van der Waals surface area (Å²) in [5, 5.41) is 5.41. The van der Waals surface area contributed by atoms with Gasteiger partial charge >= 0.3 is 0 Å². The third-order valence-corrected chi connectivity index (χ3v) is 4.24. The first kappa shape index (κ1) is 20.7.